The highest BCUT2D eigenvalue weighted by Crippen LogP contribution is 2.27. The number of hydrogen-bond acceptors (Lipinski definition) is 5. The quantitative estimate of drug-likeness (QED) is 0.100. The third-order valence-electron chi connectivity index (χ3n) is 7.41. The first-order chi connectivity index (χ1) is 22.3. The fourth-order valence-corrected chi connectivity index (χ4v) is 4.87. The van der Waals surface area contributed by atoms with Crippen LogP contribution in [0.3, 0.4) is 0 Å². The number of hydrogen-bond donors (Lipinski definition) is 3. The Morgan fingerprint density at radius 3 is 1.93 bits per heavy atom. The van der Waals surface area contributed by atoms with Crippen LogP contribution in [0.1, 0.15) is 69.5 Å². The van der Waals surface area contributed by atoms with Crippen molar-refractivity contribution in [2.75, 3.05) is 25.0 Å². The van der Waals surface area contributed by atoms with Gasteiger partial charge in [-0.15, -0.1) is 0 Å². The zero-order valence-corrected chi connectivity index (χ0v) is 25.9. The molecular formula is C37H39N3O6. The van der Waals surface area contributed by atoms with Gasteiger partial charge in [-0.3, -0.25) is 9.59 Å². The molecule has 0 unspecified atom stereocenters. The summed E-state index contributed by atoms with van der Waals surface area (Å²) in [7, 11) is 0. The topological polar surface area (TPSA) is 125 Å². The van der Waals surface area contributed by atoms with Crippen molar-refractivity contribution in [2.24, 2.45) is 0 Å². The van der Waals surface area contributed by atoms with E-state index in [1.165, 1.54) is 0 Å². The molecule has 238 valence electrons. The van der Waals surface area contributed by atoms with Crippen LogP contribution in [-0.4, -0.2) is 53.6 Å². The maximum absolute atomic E-state index is 13.9. The number of carboxylic acids is 1. The van der Waals surface area contributed by atoms with Crippen LogP contribution in [-0.2, 0) is 16.1 Å². The van der Waals surface area contributed by atoms with E-state index in [1.54, 1.807) is 53.4 Å². The number of carboxylic acid groups (broad SMARTS) is 1. The Balaban J connectivity index is 1.55. The molecule has 0 aliphatic carbocycles. The molecule has 4 aromatic rings. The molecule has 46 heavy (non-hydrogen) atoms. The first-order valence-electron chi connectivity index (χ1n) is 15.4. The summed E-state index contributed by atoms with van der Waals surface area (Å²) in [5.74, 6) is -1.87. The van der Waals surface area contributed by atoms with Gasteiger partial charge in [0.05, 0.1) is 18.6 Å². The molecule has 9 heteroatoms. The molecule has 0 heterocycles. The fraction of sp³-hybridized carbons (Fsp3) is 0.243. The summed E-state index contributed by atoms with van der Waals surface area (Å²) in [5, 5.41) is 14.4. The van der Waals surface area contributed by atoms with E-state index in [-0.39, 0.29) is 37.4 Å². The molecule has 0 saturated carbocycles. The largest absolute Gasteiger partial charge is 0.481 e. The standard InChI is InChI=1S/C37H39N3O6/c1-2-3-24-46-36(44)31-18-20-32(21-19-31)39-37(45)40(25-27-14-16-30(17-15-27)35(43)38-23-22-34(41)42)26-33(28-10-6-4-7-11-28)29-12-8-5-9-13-29/h4-21,33H,2-3,22-26H2,1H3,(H,38,43)(H,39,45)(H,41,42). The molecular weight excluding hydrogens is 582 g/mol. The van der Waals surface area contributed by atoms with Gasteiger partial charge in [-0.05, 0) is 59.5 Å². The lowest BCUT2D eigenvalue weighted by Gasteiger charge is -2.29. The SMILES string of the molecule is CCCCOC(=O)c1ccc(NC(=O)N(Cc2ccc(C(=O)NCCC(=O)O)cc2)CC(c2ccccc2)c2ccccc2)cc1. The van der Waals surface area contributed by atoms with Crippen LogP contribution in [0.15, 0.2) is 109 Å². The van der Waals surface area contributed by atoms with Crippen molar-refractivity contribution >= 4 is 29.6 Å². The van der Waals surface area contributed by atoms with Gasteiger partial charge in [0.25, 0.3) is 5.91 Å². The Bertz CT molecular complexity index is 1540. The Labute approximate surface area is 269 Å². The number of aliphatic carboxylic acids is 1. The summed E-state index contributed by atoms with van der Waals surface area (Å²) in [5.41, 5.74) is 4.26. The van der Waals surface area contributed by atoms with Crippen molar-refractivity contribution in [3.05, 3.63) is 137 Å². The zero-order chi connectivity index (χ0) is 32.7. The number of ether oxygens (including phenoxy) is 1. The minimum Gasteiger partial charge on any atom is -0.481 e. The van der Waals surface area contributed by atoms with E-state index in [4.69, 9.17) is 9.84 Å². The summed E-state index contributed by atoms with van der Waals surface area (Å²) in [6.45, 7) is 3.04. The maximum Gasteiger partial charge on any atom is 0.338 e. The Morgan fingerprint density at radius 2 is 1.37 bits per heavy atom. The molecule has 0 fully saturated rings. The van der Waals surface area contributed by atoms with E-state index in [1.807, 2.05) is 67.6 Å². The van der Waals surface area contributed by atoms with Crippen LogP contribution in [0.5, 0.6) is 0 Å². The van der Waals surface area contributed by atoms with Gasteiger partial charge in [0.2, 0.25) is 0 Å². The highest BCUT2D eigenvalue weighted by molar-refractivity contribution is 5.94. The molecule has 0 aliphatic rings. The minimum absolute atomic E-state index is 0.0330. The van der Waals surface area contributed by atoms with Crippen molar-refractivity contribution in [1.29, 1.82) is 0 Å². The summed E-state index contributed by atoms with van der Waals surface area (Å²) in [6.07, 6.45) is 1.56. The van der Waals surface area contributed by atoms with Gasteiger partial charge in [0, 0.05) is 36.8 Å². The number of anilines is 1. The number of esters is 1. The third kappa shape index (κ3) is 10.1. The fourth-order valence-electron chi connectivity index (χ4n) is 4.87. The summed E-state index contributed by atoms with van der Waals surface area (Å²) in [6, 6.07) is 33.2. The predicted molar refractivity (Wildman–Crippen MR) is 177 cm³/mol. The summed E-state index contributed by atoms with van der Waals surface area (Å²) < 4.78 is 5.29. The number of rotatable bonds is 15. The molecule has 4 rings (SSSR count). The van der Waals surface area contributed by atoms with Crippen molar-refractivity contribution in [2.45, 2.75) is 38.6 Å². The molecule has 0 spiro atoms. The van der Waals surface area contributed by atoms with Crippen molar-refractivity contribution < 1.29 is 29.0 Å². The molecule has 0 radical (unpaired) electrons. The van der Waals surface area contributed by atoms with Crippen molar-refractivity contribution in [1.82, 2.24) is 10.2 Å². The van der Waals surface area contributed by atoms with Gasteiger partial charge in [-0.1, -0.05) is 86.1 Å². The number of carbonyl (C=O) groups excluding carboxylic acids is 3. The predicted octanol–water partition coefficient (Wildman–Crippen LogP) is 6.71. The Hall–Kier alpha value is -5.44. The van der Waals surface area contributed by atoms with Crippen molar-refractivity contribution in [3.8, 4) is 0 Å². The maximum atomic E-state index is 13.9. The van der Waals surface area contributed by atoms with Crippen LogP contribution in [0, 0.1) is 0 Å². The van der Waals surface area contributed by atoms with Gasteiger partial charge in [0.15, 0.2) is 0 Å². The molecule has 3 amide bonds. The number of unbranched alkanes of at least 4 members (excludes halogenated alkanes) is 1. The van der Waals surface area contributed by atoms with E-state index < -0.39 is 11.9 Å². The molecule has 4 aromatic carbocycles. The lowest BCUT2D eigenvalue weighted by atomic mass is 9.90. The zero-order valence-electron chi connectivity index (χ0n) is 25.9. The number of benzene rings is 4. The van der Waals surface area contributed by atoms with E-state index in [9.17, 15) is 19.2 Å². The first kappa shape index (κ1) is 33.5. The highest BCUT2D eigenvalue weighted by atomic mass is 16.5. The van der Waals surface area contributed by atoms with Crippen LogP contribution < -0.4 is 10.6 Å². The summed E-state index contributed by atoms with van der Waals surface area (Å²) in [4.78, 5) is 51.1. The minimum atomic E-state index is -0.987. The molecule has 0 saturated heterocycles. The van der Waals surface area contributed by atoms with Crippen molar-refractivity contribution in [3.63, 3.8) is 0 Å². The van der Waals surface area contributed by atoms with Crippen LogP contribution in [0.4, 0.5) is 10.5 Å². The number of nitrogens with zero attached hydrogens (tertiary/aromatic N) is 1. The molecule has 0 aromatic heterocycles. The van der Waals surface area contributed by atoms with E-state index in [2.05, 4.69) is 10.6 Å². The molecule has 9 nitrogen and oxygen atoms in total. The van der Waals surface area contributed by atoms with Crippen LogP contribution in [0.25, 0.3) is 0 Å². The lowest BCUT2D eigenvalue weighted by molar-refractivity contribution is -0.136. The molecule has 3 N–H and O–H groups in total. The normalized spacial score (nSPS) is 10.7. The molecule has 0 aliphatic heterocycles. The number of urea groups is 1. The first-order valence-corrected chi connectivity index (χ1v) is 15.4. The average molecular weight is 622 g/mol. The Morgan fingerprint density at radius 1 is 0.783 bits per heavy atom. The van der Waals surface area contributed by atoms with Gasteiger partial charge in [0.1, 0.15) is 0 Å². The smallest absolute Gasteiger partial charge is 0.338 e. The summed E-state index contributed by atoms with van der Waals surface area (Å²) >= 11 is 0. The highest BCUT2D eigenvalue weighted by Gasteiger charge is 2.23. The van der Waals surface area contributed by atoms with E-state index in [0.29, 0.717) is 30.0 Å². The second kappa shape index (κ2) is 17.2. The average Bonchev–Trinajstić information content (AvgIpc) is 3.07. The van der Waals surface area contributed by atoms with Gasteiger partial charge in [-0.25, -0.2) is 9.59 Å². The van der Waals surface area contributed by atoms with Gasteiger partial charge in [-0.2, -0.15) is 0 Å². The third-order valence-corrected chi connectivity index (χ3v) is 7.41. The monoisotopic (exact) mass is 621 g/mol. The lowest BCUT2D eigenvalue weighted by Crippen LogP contribution is -2.37. The van der Waals surface area contributed by atoms with Gasteiger partial charge >= 0.3 is 18.0 Å². The number of carbonyl (C=O) groups is 4. The van der Waals surface area contributed by atoms with Gasteiger partial charge < -0.3 is 25.4 Å². The van der Waals surface area contributed by atoms with E-state index in [0.717, 1.165) is 29.5 Å². The number of nitrogens with one attached hydrogen (secondary N) is 2. The molecule has 0 bridgehead atoms. The molecule has 0 atom stereocenters. The number of amides is 3. The van der Waals surface area contributed by atoms with E-state index >= 15 is 0 Å². The van der Waals surface area contributed by atoms with Crippen LogP contribution in [0.2, 0.25) is 0 Å². The second-order valence-electron chi connectivity index (χ2n) is 10.8. The van der Waals surface area contributed by atoms with Crippen LogP contribution >= 0.6 is 0 Å². The second-order valence-corrected chi connectivity index (χ2v) is 10.8. The Kier molecular flexibility index (Phi) is 12.5.